The lowest BCUT2D eigenvalue weighted by molar-refractivity contribution is 0.433. The van der Waals surface area contributed by atoms with Gasteiger partial charge in [-0.1, -0.05) is 18.2 Å². The van der Waals surface area contributed by atoms with E-state index >= 15 is 0 Å². The van der Waals surface area contributed by atoms with Gasteiger partial charge in [0.05, 0.1) is 0 Å². The van der Waals surface area contributed by atoms with E-state index in [1.165, 1.54) is 0 Å². The van der Waals surface area contributed by atoms with Gasteiger partial charge in [-0.05, 0) is 46.6 Å². The fourth-order valence-corrected chi connectivity index (χ4v) is 2.34. The Bertz CT molecular complexity index is 699. The molecule has 0 radical (unpaired) electrons. The summed E-state index contributed by atoms with van der Waals surface area (Å²) in [5, 5.41) is 1.06. The molecule has 0 spiro atoms. The van der Waals surface area contributed by atoms with Gasteiger partial charge in [0.15, 0.2) is 4.67 Å². The molecule has 18 heavy (non-hydrogen) atoms. The van der Waals surface area contributed by atoms with Crippen molar-refractivity contribution in [2.24, 2.45) is 5.73 Å². The van der Waals surface area contributed by atoms with Crippen LogP contribution in [0.25, 0.3) is 11.0 Å². The topological polar surface area (TPSA) is 52.3 Å². The van der Waals surface area contributed by atoms with E-state index in [0.29, 0.717) is 16.2 Å². The van der Waals surface area contributed by atoms with Gasteiger partial charge in [-0.2, -0.15) is 0 Å². The number of nitrogens with two attached hydrogens (primary N) is 1. The monoisotopic (exact) mass is 305 g/mol. The summed E-state index contributed by atoms with van der Waals surface area (Å²) >= 11 is 3.27. The van der Waals surface area contributed by atoms with Crippen molar-refractivity contribution in [1.82, 2.24) is 0 Å². The van der Waals surface area contributed by atoms with Crippen molar-refractivity contribution in [2.45, 2.75) is 13.0 Å². The summed E-state index contributed by atoms with van der Waals surface area (Å²) in [7, 11) is 0. The van der Waals surface area contributed by atoms with Crippen LogP contribution in [0.2, 0.25) is 0 Å². The van der Waals surface area contributed by atoms with Crippen LogP contribution in [0.15, 0.2) is 49.9 Å². The highest BCUT2D eigenvalue weighted by molar-refractivity contribution is 9.10. The summed E-state index contributed by atoms with van der Waals surface area (Å²) in [6, 6.07) is 11.3. The number of aryl methyl sites for hydroxylation is 1. The molecule has 0 bridgehead atoms. The highest BCUT2D eigenvalue weighted by Gasteiger charge is 2.18. The molecule has 0 fully saturated rings. The lowest BCUT2D eigenvalue weighted by Crippen LogP contribution is -2.09. The van der Waals surface area contributed by atoms with Crippen LogP contribution in [0.3, 0.4) is 0 Å². The quantitative estimate of drug-likeness (QED) is 0.774. The predicted molar refractivity (Wildman–Crippen MR) is 73.4 cm³/mol. The summed E-state index contributed by atoms with van der Waals surface area (Å²) in [6.45, 7) is 2.02. The molecule has 0 saturated heterocycles. The number of para-hydroxylation sites is 1. The van der Waals surface area contributed by atoms with Gasteiger partial charge in [-0.25, -0.2) is 0 Å². The van der Waals surface area contributed by atoms with Crippen LogP contribution in [0.5, 0.6) is 0 Å². The predicted octanol–water partition coefficient (Wildman–Crippen LogP) is 4.14. The van der Waals surface area contributed by atoms with Crippen molar-refractivity contribution in [3.05, 3.63) is 58.2 Å². The molecule has 0 aliphatic carbocycles. The minimum absolute atomic E-state index is 0.386. The zero-order chi connectivity index (χ0) is 12.7. The Balaban J connectivity index is 2.06. The molecule has 3 aromatic rings. The number of halogens is 1. The number of furan rings is 2. The Morgan fingerprint density at radius 1 is 1.11 bits per heavy atom. The summed E-state index contributed by atoms with van der Waals surface area (Å²) in [5.41, 5.74) is 8.12. The van der Waals surface area contributed by atoms with E-state index in [-0.39, 0.29) is 6.04 Å². The standard InChI is InChI=1S/C14H12BrNO2/c1-8-3-2-4-9-7-11(18-14(8)9)13(16)10-5-6-12(15)17-10/h2-7,13H,16H2,1H3. The van der Waals surface area contributed by atoms with Crippen LogP contribution < -0.4 is 5.73 Å². The molecule has 0 saturated carbocycles. The van der Waals surface area contributed by atoms with Gasteiger partial charge in [-0.3, -0.25) is 0 Å². The van der Waals surface area contributed by atoms with Crippen molar-refractivity contribution in [3.63, 3.8) is 0 Å². The van der Waals surface area contributed by atoms with Crippen LogP contribution in [0.4, 0.5) is 0 Å². The number of rotatable bonds is 2. The first kappa shape index (κ1) is 11.6. The molecule has 92 valence electrons. The first-order valence-corrected chi connectivity index (χ1v) is 6.44. The van der Waals surface area contributed by atoms with Gasteiger partial charge in [0.25, 0.3) is 0 Å². The zero-order valence-electron chi connectivity index (χ0n) is 9.81. The summed E-state index contributed by atoms with van der Waals surface area (Å²) < 4.78 is 11.9. The Labute approximate surface area is 113 Å². The van der Waals surface area contributed by atoms with Gasteiger partial charge in [-0.15, -0.1) is 0 Å². The third-order valence-corrected chi connectivity index (χ3v) is 3.39. The van der Waals surface area contributed by atoms with Crippen LogP contribution >= 0.6 is 15.9 Å². The Hall–Kier alpha value is -1.52. The molecule has 2 N–H and O–H groups in total. The van der Waals surface area contributed by atoms with Crippen molar-refractivity contribution in [2.75, 3.05) is 0 Å². The van der Waals surface area contributed by atoms with Crippen molar-refractivity contribution >= 4 is 26.9 Å². The molecule has 2 heterocycles. The molecule has 0 amide bonds. The number of hydrogen-bond acceptors (Lipinski definition) is 3. The SMILES string of the molecule is Cc1cccc2cc(C(N)c3ccc(Br)o3)oc12. The maximum Gasteiger partial charge on any atom is 0.169 e. The van der Waals surface area contributed by atoms with Crippen LogP contribution in [-0.4, -0.2) is 0 Å². The first-order valence-electron chi connectivity index (χ1n) is 5.65. The largest absolute Gasteiger partial charge is 0.459 e. The van der Waals surface area contributed by atoms with Crippen molar-refractivity contribution < 1.29 is 8.83 Å². The second kappa shape index (κ2) is 4.30. The van der Waals surface area contributed by atoms with Gasteiger partial charge >= 0.3 is 0 Å². The summed E-state index contributed by atoms with van der Waals surface area (Å²) in [6.07, 6.45) is 0. The maximum atomic E-state index is 6.14. The molecule has 2 aromatic heterocycles. The van der Waals surface area contributed by atoms with E-state index < -0.39 is 0 Å². The Morgan fingerprint density at radius 3 is 2.61 bits per heavy atom. The van der Waals surface area contributed by atoms with Gasteiger partial charge in [0, 0.05) is 5.39 Å². The van der Waals surface area contributed by atoms with Crippen molar-refractivity contribution in [3.8, 4) is 0 Å². The van der Waals surface area contributed by atoms with Crippen molar-refractivity contribution in [1.29, 1.82) is 0 Å². The molecule has 4 heteroatoms. The molecule has 1 unspecified atom stereocenters. The maximum absolute atomic E-state index is 6.14. The van der Waals surface area contributed by atoms with E-state index in [1.54, 1.807) is 0 Å². The third kappa shape index (κ3) is 1.87. The van der Waals surface area contributed by atoms with E-state index in [1.807, 2.05) is 43.3 Å². The third-order valence-electron chi connectivity index (χ3n) is 2.97. The second-order valence-corrected chi connectivity index (χ2v) is 5.04. The Morgan fingerprint density at radius 2 is 1.94 bits per heavy atom. The molecule has 1 aromatic carbocycles. The fraction of sp³-hybridized carbons (Fsp3) is 0.143. The number of hydrogen-bond donors (Lipinski definition) is 1. The lowest BCUT2D eigenvalue weighted by Gasteiger charge is -2.04. The summed E-state index contributed by atoms with van der Waals surface area (Å²) in [5.74, 6) is 1.39. The van der Waals surface area contributed by atoms with Gasteiger partial charge in [0.1, 0.15) is 23.1 Å². The fourth-order valence-electron chi connectivity index (χ4n) is 2.02. The smallest absolute Gasteiger partial charge is 0.169 e. The Kier molecular flexibility index (Phi) is 2.76. The average molecular weight is 306 g/mol. The van der Waals surface area contributed by atoms with Gasteiger partial charge in [0.2, 0.25) is 0 Å². The van der Waals surface area contributed by atoms with Crippen LogP contribution in [-0.2, 0) is 0 Å². The number of fused-ring (bicyclic) bond motifs is 1. The first-order chi connectivity index (χ1) is 8.65. The lowest BCUT2D eigenvalue weighted by atomic mass is 10.1. The molecular weight excluding hydrogens is 294 g/mol. The normalized spacial score (nSPS) is 13.1. The van der Waals surface area contributed by atoms with E-state index in [9.17, 15) is 0 Å². The number of benzene rings is 1. The van der Waals surface area contributed by atoms with E-state index in [0.717, 1.165) is 16.5 Å². The summed E-state index contributed by atoms with van der Waals surface area (Å²) in [4.78, 5) is 0. The molecular formula is C14H12BrNO2. The molecule has 3 rings (SSSR count). The molecule has 0 aliphatic heterocycles. The molecule has 1 atom stereocenters. The highest BCUT2D eigenvalue weighted by atomic mass is 79.9. The minimum Gasteiger partial charge on any atom is -0.459 e. The highest BCUT2D eigenvalue weighted by Crippen LogP contribution is 2.30. The average Bonchev–Trinajstić information content (AvgIpc) is 2.95. The molecule has 0 aliphatic rings. The molecule has 3 nitrogen and oxygen atoms in total. The van der Waals surface area contributed by atoms with E-state index in [4.69, 9.17) is 14.6 Å². The minimum atomic E-state index is -0.386. The zero-order valence-corrected chi connectivity index (χ0v) is 11.4. The van der Waals surface area contributed by atoms with Crippen LogP contribution in [0, 0.1) is 6.92 Å². The second-order valence-electron chi connectivity index (χ2n) is 4.26. The van der Waals surface area contributed by atoms with Gasteiger partial charge < -0.3 is 14.6 Å². The van der Waals surface area contributed by atoms with Crippen LogP contribution in [0.1, 0.15) is 23.1 Å². The van der Waals surface area contributed by atoms with E-state index in [2.05, 4.69) is 15.9 Å².